The van der Waals surface area contributed by atoms with E-state index in [-0.39, 0.29) is 5.56 Å². The molecule has 0 aliphatic heterocycles. The molecule has 0 aliphatic carbocycles. The minimum Gasteiger partial charge on any atom is -0.478 e. The lowest BCUT2D eigenvalue weighted by atomic mass is 10.1. The van der Waals surface area contributed by atoms with Crippen LogP contribution >= 0.6 is 22.9 Å². The predicted octanol–water partition coefficient (Wildman–Crippen LogP) is 3.22. The number of carboxylic acid groups (broad SMARTS) is 1. The van der Waals surface area contributed by atoms with Gasteiger partial charge < -0.3 is 5.11 Å². The van der Waals surface area contributed by atoms with Crippen LogP contribution in [-0.2, 0) is 0 Å². The Morgan fingerprint density at radius 1 is 1.67 bits per heavy atom. The summed E-state index contributed by atoms with van der Waals surface area (Å²) in [6, 6.07) is 1.64. The molecule has 0 aliphatic rings. The van der Waals surface area contributed by atoms with E-state index in [9.17, 15) is 4.79 Å². The molecule has 0 unspecified atom stereocenters. The van der Waals surface area contributed by atoms with Crippen LogP contribution in [0.2, 0.25) is 4.34 Å². The molecule has 0 fully saturated rings. The minimum atomic E-state index is -0.955. The summed E-state index contributed by atoms with van der Waals surface area (Å²) in [6.45, 7) is 4.02. The first-order valence-electron chi connectivity index (χ1n) is 3.55. The van der Waals surface area contributed by atoms with E-state index in [4.69, 9.17) is 16.7 Å². The van der Waals surface area contributed by atoms with Gasteiger partial charge in [0, 0.05) is 4.88 Å². The van der Waals surface area contributed by atoms with Gasteiger partial charge in [0.25, 0.3) is 0 Å². The number of hydrogen-bond donors (Lipinski definition) is 1. The fourth-order valence-corrected chi connectivity index (χ4v) is 2.10. The third kappa shape index (κ3) is 1.79. The Balaban J connectivity index is 3.09. The van der Waals surface area contributed by atoms with Gasteiger partial charge in [-0.25, -0.2) is 4.79 Å². The zero-order valence-electron chi connectivity index (χ0n) is 6.80. The zero-order chi connectivity index (χ0) is 9.30. The zero-order valence-corrected chi connectivity index (χ0v) is 8.37. The van der Waals surface area contributed by atoms with E-state index in [1.807, 2.05) is 13.8 Å². The molecule has 0 saturated carbocycles. The monoisotopic (exact) mass is 204 g/mol. The van der Waals surface area contributed by atoms with Gasteiger partial charge in [-0.1, -0.05) is 25.4 Å². The molecule has 0 radical (unpaired) electrons. The standard InChI is InChI=1S/C8H9ClO2S/c1-4(2)6-3-5(8(10)11)7(9)12-6/h3-4H,1-2H3,(H,10,11). The van der Waals surface area contributed by atoms with Gasteiger partial charge in [0.15, 0.2) is 0 Å². The van der Waals surface area contributed by atoms with Crippen molar-refractivity contribution in [2.24, 2.45) is 0 Å². The summed E-state index contributed by atoms with van der Waals surface area (Å²) in [7, 11) is 0. The highest BCUT2D eigenvalue weighted by molar-refractivity contribution is 7.16. The molecule has 0 bridgehead atoms. The third-order valence-electron chi connectivity index (χ3n) is 1.51. The normalized spacial score (nSPS) is 10.7. The summed E-state index contributed by atoms with van der Waals surface area (Å²) in [4.78, 5) is 11.6. The highest BCUT2D eigenvalue weighted by Gasteiger charge is 2.14. The average Bonchev–Trinajstić information content (AvgIpc) is 2.30. The fraction of sp³-hybridized carbons (Fsp3) is 0.375. The minimum absolute atomic E-state index is 0.213. The first kappa shape index (κ1) is 9.55. The van der Waals surface area contributed by atoms with Crippen molar-refractivity contribution >= 4 is 28.9 Å². The molecule has 0 aromatic carbocycles. The number of carboxylic acids is 1. The number of rotatable bonds is 2. The van der Waals surface area contributed by atoms with Gasteiger partial charge in [0.05, 0.1) is 5.56 Å². The number of halogens is 1. The largest absolute Gasteiger partial charge is 0.478 e. The van der Waals surface area contributed by atoms with Crippen LogP contribution in [0.5, 0.6) is 0 Å². The molecule has 2 nitrogen and oxygen atoms in total. The first-order valence-corrected chi connectivity index (χ1v) is 4.74. The maximum atomic E-state index is 10.6. The summed E-state index contributed by atoms with van der Waals surface area (Å²) in [6.07, 6.45) is 0. The van der Waals surface area contributed by atoms with Gasteiger partial charge in [-0.05, 0) is 12.0 Å². The Labute approximate surface area is 79.8 Å². The molecule has 1 aromatic rings. The van der Waals surface area contributed by atoms with Crippen LogP contribution in [0, 0.1) is 0 Å². The molecule has 0 saturated heterocycles. The Morgan fingerprint density at radius 2 is 2.25 bits per heavy atom. The number of hydrogen-bond acceptors (Lipinski definition) is 2. The van der Waals surface area contributed by atoms with Crippen molar-refractivity contribution in [1.29, 1.82) is 0 Å². The highest BCUT2D eigenvalue weighted by atomic mass is 35.5. The molecule has 0 spiro atoms. The summed E-state index contributed by atoms with van der Waals surface area (Å²) in [5.41, 5.74) is 0.213. The number of thiophene rings is 1. The Bertz CT molecular complexity index is 304. The molecule has 1 N–H and O–H groups in total. The summed E-state index contributed by atoms with van der Waals surface area (Å²) in [5, 5.41) is 8.68. The molecule has 66 valence electrons. The molecule has 12 heavy (non-hydrogen) atoms. The van der Waals surface area contributed by atoms with Crippen LogP contribution in [0.4, 0.5) is 0 Å². The number of aromatic carboxylic acids is 1. The lowest BCUT2D eigenvalue weighted by Gasteiger charge is -1.96. The second kappa shape index (κ2) is 3.46. The van der Waals surface area contributed by atoms with Gasteiger partial charge in [-0.2, -0.15) is 0 Å². The third-order valence-corrected chi connectivity index (χ3v) is 3.16. The van der Waals surface area contributed by atoms with Crippen molar-refractivity contribution in [2.75, 3.05) is 0 Å². The van der Waals surface area contributed by atoms with Gasteiger partial charge in [0.1, 0.15) is 4.34 Å². The summed E-state index contributed by atoms with van der Waals surface area (Å²) >= 11 is 7.06. The van der Waals surface area contributed by atoms with E-state index in [2.05, 4.69) is 0 Å². The Morgan fingerprint density at radius 3 is 2.50 bits per heavy atom. The quantitative estimate of drug-likeness (QED) is 0.803. The van der Waals surface area contributed by atoms with Crippen LogP contribution in [0.1, 0.15) is 35.0 Å². The molecule has 1 rings (SSSR count). The maximum Gasteiger partial charge on any atom is 0.338 e. The second-order valence-electron chi connectivity index (χ2n) is 2.80. The van der Waals surface area contributed by atoms with Crippen molar-refractivity contribution in [3.63, 3.8) is 0 Å². The lowest BCUT2D eigenvalue weighted by molar-refractivity contribution is 0.0697. The van der Waals surface area contributed by atoms with Crippen molar-refractivity contribution in [3.05, 3.63) is 20.8 Å². The van der Waals surface area contributed by atoms with Crippen molar-refractivity contribution in [1.82, 2.24) is 0 Å². The molecule has 1 heterocycles. The first-order chi connectivity index (χ1) is 5.52. The van der Waals surface area contributed by atoms with E-state index in [0.717, 1.165) is 4.88 Å². The van der Waals surface area contributed by atoms with Crippen LogP contribution in [0.3, 0.4) is 0 Å². The molecular formula is C8H9ClO2S. The summed E-state index contributed by atoms with van der Waals surface area (Å²) in [5.74, 6) is -0.622. The van der Waals surface area contributed by atoms with E-state index in [0.29, 0.717) is 10.3 Å². The van der Waals surface area contributed by atoms with E-state index in [1.54, 1.807) is 6.07 Å². The molecule has 0 amide bonds. The Kier molecular flexibility index (Phi) is 2.75. The van der Waals surface area contributed by atoms with Gasteiger partial charge in [-0.3, -0.25) is 0 Å². The second-order valence-corrected chi connectivity index (χ2v) is 4.48. The lowest BCUT2D eigenvalue weighted by Crippen LogP contribution is -1.93. The van der Waals surface area contributed by atoms with Gasteiger partial charge in [0.2, 0.25) is 0 Å². The van der Waals surface area contributed by atoms with E-state index < -0.39 is 5.97 Å². The van der Waals surface area contributed by atoms with Gasteiger partial charge >= 0.3 is 5.97 Å². The van der Waals surface area contributed by atoms with Crippen molar-refractivity contribution < 1.29 is 9.90 Å². The predicted molar refractivity (Wildman–Crippen MR) is 50.4 cm³/mol. The highest BCUT2D eigenvalue weighted by Crippen LogP contribution is 2.32. The van der Waals surface area contributed by atoms with Crippen molar-refractivity contribution in [3.8, 4) is 0 Å². The van der Waals surface area contributed by atoms with Crippen LogP contribution < -0.4 is 0 Å². The van der Waals surface area contributed by atoms with Crippen LogP contribution in [0.25, 0.3) is 0 Å². The molecule has 1 aromatic heterocycles. The maximum absolute atomic E-state index is 10.6. The molecule has 4 heteroatoms. The van der Waals surface area contributed by atoms with Gasteiger partial charge in [-0.15, -0.1) is 11.3 Å². The molecule has 0 atom stereocenters. The van der Waals surface area contributed by atoms with Crippen LogP contribution in [0.15, 0.2) is 6.07 Å². The fourth-order valence-electron chi connectivity index (χ4n) is 0.817. The number of carbonyl (C=O) groups is 1. The average molecular weight is 205 g/mol. The topological polar surface area (TPSA) is 37.3 Å². The molecular weight excluding hydrogens is 196 g/mol. The van der Waals surface area contributed by atoms with Crippen LogP contribution in [-0.4, -0.2) is 11.1 Å². The summed E-state index contributed by atoms with van der Waals surface area (Å²) < 4.78 is 0.367. The SMILES string of the molecule is CC(C)c1cc(C(=O)O)c(Cl)s1. The van der Waals surface area contributed by atoms with E-state index in [1.165, 1.54) is 11.3 Å². The smallest absolute Gasteiger partial charge is 0.338 e. The Hall–Kier alpha value is -0.540. The van der Waals surface area contributed by atoms with Crippen molar-refractivity contribution in [2.45, 2.75) is 19.8 Å². The van der Waals surface area contributed by atoms with E-state index >= 15 is 0 Å².